The summed E-state index contributed by atoms with van der Waals surface area (Å²) in [5, 5.41) is 8.51. The van der Waals surface area contributed by atoms with E-state index in [2.05, 4.69) is 9.97 Å². The number of nitriles is 1. The van der Waals surface area contributed by atoms with Crippen molar-refractivity contribution in [3.63, 3.8) is 0 Å². The van der Waals surface area contributed by atoms with Crippen LogP contribution in [-0.2, 0) is 0 Å². The molecule has 0 unspecified atom stereocenters. The van der Waals surface area contributed by atoms with Gasteiger partial charge in [-0.05, 0) is 13.0 Å². The lowest BCUT2D eigenvalue weighted by atomic mass is 10.1. The van der Waals surface area contributed by atoms with Gasteiger partial charge in [0, 0.05) is 0 Å². The smallest absolute Gasteiger partial charge is 0.260 e. The topological polar surface area (TPSA) is 69.5 Å². The summed E-state index contributed by atoms with van der Waals surface area (Å²) in [4.78, 5) is 18.0. The Labute approximate surface area is 94.3 Å². The van der Waals surface area contributed by atoms with Gasteiger partial charge < -0.3 is 4.98 Å². The highest BCUT2D eigenvalue weighted by molar-refractivity contribution is 6.31. The number of aromatic nitrogens is 2. The molecule has 1 heterocycles. The van der Waals surface area contributed by atoms with Crippen molar-refractivity contribution in [1.29, 1.82) is 5.26 Å². The molecule has 1 aromatic heterocycles. The lowest BCUT2D eigenvalue weighted by molar-refractivity contribution is 0.626. The first-order chi connectivity index (χ1) is 7.54. The Kier molecular flexibility index (Phi) is 2.37. The van der Waals surface area contributed by atoms with Crippen LogP contribution in [0, 0.1) is 24.1 Å². The first-order valence-corrected chi connectivity index (χ1v) is 4.71. The highest BCUT2D eigenvalue weighted by Crippen LogP contribution is 2.24. The van der Waals surface area contributed by atoms with Gasteiger partial charge in [0.15, 0.2) is 5.82 Å². The number of benzene rings is 1. The van der Waals surface area contributed by atoms with Crippen LogP contribution in [0.5, 0.6) is 0 Å². The zero-order valence-electron chi connectivity index (χ0n) is 8.14. The highest BCUT2D eigenvalue weighted by atomic mass is 35.5. The number of aromatic amines is 1. The summed E-state index contributed by atoms with van der Waals surface area (Å²) in [7, 11) is 0. The van der Waals surface area contributed by atoms with E-state index in [-0.39, 0.29) is 21.5 Å². The van der Waals surface area contributed by atoms with Crippen LogP contribution in [0.4, 0.5) is 4.39 Å². The maximum absolute atomic E-state index is 13.5. The third-order valence-corrected chi connectivity index (χ3v) is 2.40. The van der Waals surface area contributed by atoms with Gasteiger partial charge >= 0.3 is 0 Å². The molecule has 0 spiro atoms. The van der Waals surface area contributed by atoms with Gasteiger partial charge in [-0.15, -0.1) is 0 Å². The molecule has 0 aliphatic heterocycles. The molecule has 4 nitrogen and oxygen atoms in total. The summed E-state index contributed by atoms with van der Waals surface area (Å²) in [6.07, 6.45) is 0. The fourth-order valence-corrected chi connectivity index (χ4v) is 1.67. The molecule has 0 fully saturated rings. The molecule has 1 N–H and O–H groups in total. The zero-order valence-corrected chi connectivity index (χ0v) is 8.89. The Bertz CT molecular complexity index is 687. The van der Waals surface area contributed by atoms with Crippen molar-refractivity contribution in [3.05, 3.63) is 38.6 Å². The van der Waals surface area contributed by atoms with Crippen molar-refractivity contribution in [3.8, 4) is 6.07 Å². The monoisotopic (exact) mass is 237 g/mol. The molecule has 0 bridgehead atoms. The van der Waals surface area contributed by atoms with E-state index in [4.69, 9.17) is 16.9 Å². The van der Waals surface area contributed by atoms with Crippen LogP contribution in [0.15, 0.2) is 10.9 Å². The Balaban J connectivity index is 3.11. The number of aryl methyl sites for hydroxylation is 1. The van der Waals surface area contributed by atoms with Crippen molar-refractivity contribution < 1.29 is 4.39 Å². The molecule has 0 aliphatic carbocycles. The van der Waals surface area contributed by atoms with E-state index in [1.165, 1.54) is 6.07 Å². The minimum atomic E-state index is -0.896. The number of halogens is 2. The van der Waals surface area contributed by atoms with Gasteiger partial charge in [0.1, 0.15) is 17.5 Å². The van der Waals surface area contributed by atoms with Gasteiger partial charge in [-0.3, -0.25) is 4.79 Å². The second-order valence-electron chi connectivity index (χ2n) is 3.20. The van der Waals surface area contributed by atoms with E-state index < -0.39 is 11.4 Å². The van der Waals surface area contributed by atoms with Crippen molar-refractivity contribution in [2.75, 3.05) is 0 Å². The minimum absolute atomic E-state index is 0.0741. The highest BCUT2D eigenvalue weighted by Gasteiger charge is 2.15. The average molecular weight is 238 g/mol. The number of nitrogens with zero attached hydrogens (tertiary/aromatic N) is 2. The van der Waals surface area contributed by atoms with E-state index >= 15 is 0 Å². The molecule has 16 heavy (non-hydrogen) atoms. The van der Waals surface area contributed by atoms with Crippen molar-refractivity contribution >= 4 is 22.5 Å². The maximum atomic E-state index is 13.5. The summed E-state index contributed by atoms with van der Waals surface area (Å²) in [5.41, 5.74) is -0.713. The van der Waals surface area contributed by atoms with Crippen LogP contribution < -0.4 is 5.56 Å². The Morgan fingerprint density at radius 2 is 2.31 bits per heavy atom. The van der Waals surface area contributed by atoms with Crippen LogP contribution in [0.2, 0.25) is 5.02 Å². The Morgan fingerprint density at radius 1 is 1.62 bits per heavy atom. The van der Waals surface area contributed by atoms with Crippen LogP contribution in [0.1, 0.15) is 11.4 Å². The molecule has 6 heteroatoms. The van der Waals surface area contributed by atoms with Gasteiger partial charge in [0.25, 0.3) is 5.56 Å². The van der Waals surface area contributed by atoms with Gasteiger partial charge in [-0.2, -0.15) is 5.26 Å². The summed E-state index contributed by atoms with van der Waals surface area (Å²) in [6.45, 7) is 1.59. The molecule has 0 saturated heterocycles. The first kappa shape index (κ1) is 10.6. The molecule has 0 amide bonds. The van der Waals surface area contributed by atoms with Gasteiger partial charge in [-0.1, -0.05) is 11.6 Å². The van der Waals surface area contributed by atoms with Crippen LogP contribution in [-0.4, -0.2) is 9.97 Å². The lowest BCUT2D eigenvalue weighted by Gasteiger charge is -2.03. The largest absolute Gasteiger partial charge is 0.310 e. The molecule has 0 radical (unpaired) electrons. The minimum Gasteiger partial charge on any atom is -0.310 e. The number of rotatable bonds is 0. The second-order valence-corrected chi connectivity index (χ2v) is 3.61. The van der Waals surface area contributed by atoms with Gasteiger partial charge in [-0.25, -0.2) is 9.37 Å². The van der Waals surface area contributed by atoms with E-state index in [1.54, 1.807) is 13.0 Å². The van der Waals surface area contributed by atoms with Crippen LogP contribution >= 0.6 is 11.6 Å². The molecule has 2 rings (SSSR count). The predicted octanol–water partition coefficient (Wildman–Crippen LogP) is 1.90. The SMILES string of the molecule is Cc1nc2cc(Cl)c(F)c(C#N)c2c(=O)[nH]1. The van der Waals surface area contributed by atoms with E-state index in [0.717, 1.165) is 0 Å². The first-order valence-electron chi connectivity index (χ1n) is 4.33. The van der Waals surface area contributed by atoms with Crippen LogP contribution in [0.25, 0.3) is 10.9 Å². The third-order valence-electron chi connectivity index (χ3n) is 2.12. The fraction of sp³-hybridized carbons (Fsp3) is 0.100. The van der Waals surface area contributed by atoms with Gasteiger partial charge in [0.2, 0.25) is 0 Å². The summed E-state index contributed by atoms with van der Waals surface area (Å²) < 4.78 is 13.5. The zero-order chi connectivity index (χ0) is 11.9. The number of hydrogen-bond acceptors (Lipinski definition) is 3. The van der Waals surface area contributed by atoms with E-state index in [9.17, 15) is 9.18 Å². The second kappa shape index (κ2) is 3.58. The summed E-state index contributed by atoms with van der Waals surface area (Å²) in [5.74, 6) is -0.517. The number of nitrogens with one attached hydrogen (secondary N) is 1. The maximum Gasteiger partial charge on any atom is 0.260 e. The van der Waals surface area contributed by atoms with E-state index in [0.29, 0.717) is 5.82 Å². The molecule has 80 valence electrons. The third kappa shape index (κ3) is 1.44. The molecule has 2 aromatic rings. The Hall–Kier alpha value is -1.93. The number of H-pyrrole nitrogens is 1. The molecular weight excluding hydrogens is 233 g/mol. The molecule has 0 aliphatic rings. The Morgan fingerprint density at radius 3 is 2.94 bits per heavy atom. The lowest BCUT2D eigenvalue weighted by Crippen LogP contribution is -2.12. The average Bonchev–Trinajstić information content (AvgIpc) is 2.20. The number of fused-ring (bicyclic) bond motifs is 1. The summed E-state index contributed by atoms with van der Waals surface area (Å²) in [6, 6.07) is 2.85. The van der Waals surface area contributed by atoms with Crippen LogP contribution in [0.3, 0.4) is 0 Å². The number of hydrogen-bond donors (Lipinski definition) is 1. The standard InChI is InChI=1S/C10H5ClFN3O/c1-4-14-7-2-6(11)9(12)5(3-13)8(7)10(16)15-4/h2H,1H3,(H,14,15,16). The predicted molar refractivity (Wildman–Crippen MR) is 56.8 cm³/mol. The van der Waals surface area contributed by atoms with Crippen molar-refractivity contribution in [2.45, 2.75) is 6.92 Å². The van der Waals surface area contributed by atoms with Gasteiger partial charge in [0.05, 0.1) is 15.9 Å². The molecule has 1 aromatic carbocycles. The van der Waals surface area contributed by atoms with Crippen molar-refractivity contribution in [1.82, 2.24) is 9.97 Å². The molecule has 0 saturated carbocycles. The van der Waals surface area contributed by atoms with Crippen molar-refractivity contribution in [2.24, 2.45) is 0 Å². The fourth-order valence-electron chi connectivity index (χ4n) is 1.47. The quantitative estimate of drug-likeness (QED) is 0.761. The normalized spacial score (nSPS) is 10.4. The summed E-state index contributed by atoms with van der Waals surface area (Å²) >= 11 is 5.60. The van der Waals surface area contributed by atoms with E-state index in [1.807, 2.05) is 0 Å². The molecular formula is C10H5ClFN3O. The molecule has 0 atom stereocenters.